The molecule has 42 heavy (non-hydrogen) atoms. The van der Waals surface area contributed by atoms with E-state index in [0.29, 0.717) is 6.42 Å². The Balaban J connectivity index is 1.75. The zero-order valence-corrected chi connectivity index (χ0v) is 26.2. The zero-order chi connectivity index (χ0) is 30.6. The highest BCUT2D eigenvalue weighted by Gasteiger charge is 2.31. The van der Waals surface area contributed by atoms with Crippen molar-refractivity contribution in [1.82, 2.24) is 10.6 Å². The quantitative estimate of drug-likeness (QED) is 0.217. The predicted molar refractivity (Wildman–Crippen MR) is 171 cm³/mol. The third-order valence-corrected chi connectivity index (χ3v) is 8.01. The molecule has 2 atom stereocenters. The minimum Gasteiger partial charge on any atom is -0.445 e. The van der Waals surface area contributed by atoms with E-state index in [9.17, 15) is 14.4 Å². The number of hydrogen-bond donors (Lipinski definition) is 2. The van der Waals surface area contributed by atoms with Crippen molar-refractivity contribution in [2.24, 2.45) is 5.41 Å². The van der Waals surface area contributed by atoms with Gasteiger partial charge in [0.25, 0.3) is 0 Å². The summed E-state index contributed by atoms with van der Waals surface area (Å²) >= 11 is 1.62. The maximum Gasteiger partial charge on any atom is 0.408 e. The van der Waals surface area contributed by atoms with Crippen LogP contribution in [0.1, 0.15) is 57.7 Å². The Bertz CT molecular complexity index is 1270. The van der Waals surface area contributed by atoms with Crippen molar-refractivity contribution in [3.05, 3.63) is 108 Å². The number of ether oxygens (including phenoxy) is 1. The molecule has 2 N–H and O–H groups in total. The Labute approximate surface area is 255 Å². The number of amides is 2. The minimum absolute atomic E-state index is 0.0516. The van der Waals surface area contributed by atoms with Gasteiger partial charge in [-0.1, -0.05) is 126 Å². The molecule has 3 aromatic rings. The third kappa shape index (κ3) is 12.1. The van der Waals surface area contributed by atoms with E-state index in [1.54, 1.807) is 11.8 Å². The molecule has 0 aliphatic heterocycles. The summed E-state index contributed by atoms with van der Waals surface area (Å²) in [6.07, 6.45) is 0.872. The highest BCUT2D eigenvalue weighted by Crippen LogP contribution is 2.36. The first-order valence-electron chi connectivity index (χ1n) is 14.4. The number of benzene rings is 3. The lowest BCUT2D eigenvalue weighted by Gasteiger charge is -2.32. The average Bonchev–Trinajstić information content (AvgIpc) is 2.94. The molecular formula is C35H44N2O4S. The Morgan fingerprint density at radius 2 is 1.17 bits per heavy atom. The van der Waals surface area contributed by atoms with Gasteiger partial charge in [0.2, 0.25) is 5.91 Å². The molecule has 0 aliphatic carbocycles. The van der Waals surface area contributed by atoms with Crippen LogP contribution in [0.2, 0.25) is 0 Å². The molecule has 0 bridgehead atoms. The summed E-state index contributed by atoms with van der Waals surface area (Å²) in [5.41, 5.74) is 2.80. The summed E-state index contributed by atoms with van der Waals surface area (Å²) in [7, 11) is 0. The standard InChI is InChI=1S/C35H44N2O4S/c1-34(2,3)25-35(4,5)42-24-31(38)29(21-26-15-9-6-10-16-26)36-32(39)30(22-27-17-11-7-12-18-27)37-33(40)41-23-28-19-13-8-14-20-28/h6-20,29-30H,21-25H2,1-5H3,(H,36,39)(H,37,40)/t29-,30-/m0/s1. The van der Waals surface area contributed by atoms with Gasteiger partial charge in [0.15, 0.2) is 5.78 Å². The fourth-order valence-electron chi connectivity index (χ4n) is 5.03. The van der Waals surface area contributed by atoms with Gasteiger partial charge in [0.1, 0.15) is 12.6 Å². The van der Waals surface area contributed by atoms with Gasteiger partial charge in [-0.3, -0.25) is 9.59 Å². The SMILES string of the molecule is CC(C)(C)CC(C)(C)SCC(=O)[C@H](Cc1ccccc1)NC(=O)[C@H](Cc1ccccc1)NC(=O)OCc1ccccc1. The Kier molecular flexibility index (Phi) is 12.2. The second-order valence-electron chi connectivity index (χ2n) is 12.5. The van der Waals surface area contributed by atoms with Crippen molar-refractivity contribution in [1.29, 1.82) is 0 Å². The van der Waals surface area contributed by atoms with E-state index in [0.717, 1.165) is 23.1 Å². The number of hydrogen-bond acceptors (Lipinski definition) is 5. The smallest absolute Gasteiger partial charge is 0.408 e. The Morgan fingerprint density at radius 3 is 1.67 bits per heavy atom. The molecule has 2 amide bonds. The fourth-order valence-corrected chi connectivity index (χ4v) is 6.30. The van der Waals surface area contributed by atoms with E-state index in [1.165, 1.54) is 0 Å². The summed E-state index contributed by atoms with van der Waals surface area (Å²) < 4.78 is 5.31. The maximum atomic E-state index is 13.7. The fraction of sp³-hybridized carbons (Fsp3) is 0.400. The molecule has 0 heterocycles. The van der Waals surface area contributed by atoms with Gasteiger partial charge in [0.05, 0.1) is 11.8 Å². The molecule has 0 aromatic heterocycles. The van der Waals surface area contributed by atoms with Crippen molar-refractivity contribution >= 4 is 29.5 Å². The normalized spacial score (nSPS) is 13.1. The van der Waals surface area contributed by atoms with E-state index in [1.807, 2.05) is 91.0 Å². The van der Waals surface area contributed by atoms with E-state index >= 15 is 0 Å². The van der Waals surface area contributed by atoms with Crippen LogP contribution in [-0.2, 0) is 33.8 Å². The highest BCUT2D eigenvalue weighted by molar-refractivity contribution is 8.01. The molecule has 3 aromatic carbocycles. The van der Waals surface area contributed by atoms with Crippen molar-refractivity contribution in [3.63, 3.8) is 0 Å². The number of Topliss-reactive ketones (excluding diaryl/α,β-unsaturated/α-hetero) is 1. The van der Waals surface area contributed by atoms with Crippen molar-refractivity contribution in [2.45, 2.75) is 77.3 Å². The first kappa shape index (κ1) is 32.9. The van der Waals surface area contributed by atoms with Gasteiger partial charge in [-0.15, -0.1) is 11.8 Å². The third-order valence-electron chi connectivity index (χ3n) is 6.65. The van der Waals surface area contributed by atoms with Crippen LogP contribution in [-0.4, -0.2) is 40.4 Å². The first-order valence-corrected chi connectivity index (χ1v) is 15.4. The molecule has 3 rings (SSSR count). The van der Waals surface area contributed by atoms with Crippen LogP contribution in [0.5, 0.6) is 0 Å². The monoisotopic (exact) mass is 588 g/mol. The Morgan fingerprint density at radius 1 is 0.690 bits per heavy atom. The summed E-state index contributed by atoms with van der Waals surface area (Å²) in [4.78, 5) is 40.1. The maximum absolute atomic E-state index is 13.7. The number of thioether (sulfide) groups is 1. The van der Waals surface area contributed by atoms with Crippen molar-refractivity contribution in [3.8, 4) is 0 Å². The predicted octanol–water partition coefficient (Wildman–Crippen LogP) is 6.77. The topological polar surface area (TPSA) is 84.5 Å². The molecule has 0 saturated heterocycles. The van der Waals surface area contributed by atoms with Crippen LogP contribution in [0.15, 0.2) is 91.0 Å². The number of ketones is 1. The van der Waals surface area contributed by atoms with Crippen LogP contribution < -0.4 is 10.6 Å². The molecule has 0 spiro atoms. The molecule has 224 valence electrons. The van der Waals surface area contributed by atoms with E-state index in [2.05, 4.69) is 45.3 Å². The number of carbonyl (C=O) groups excluding carboxylic acids is 3. The van der Waals surface area contributed by atoms with E-state index in [-0.39, 0.29) is 34.7 Å². The largest absolute Gasteiger partial charge is 0.445 e. The molecule has 6 nitrogen and oxygen atoms in total. The summed E-state index contributed by atoms with van der Waals surface area (Å²) in [5.74, 6) is -0.204. The first-order chi connectivity index (χ1) is 19.9. The summed E-state index contributed by atoms with van der Waals surface area (Å²) in [5, 5.41) is 5.71. The summed E-state index contributed by atoms with van der Waals surface area (Å²) in [6.45, 7) is 11.0. The van der Waals surface area contributed by atoms with Crippen LogP contribution in [0.25, 0.3) is 0 Å². The molecule has 0 radical (unpaired) electrons. The molecule has 0 aliphatic rings. The number of carbonyl (C=O) groups is 3. The lowest BCUT2D eigenvalue weighted by atomic mass is 9.86. The van der Waals surface area contributed by atoms with Gasteiger partial charge >= 0.3 is 6.09 Å². The number of alkyl carbamates (subject to hydrolysis) is 1. The van der Waals surface area contributed by atoms with E-state index < -0.39 is 24.1 Å². The highest BCUT2D eigenvalue weighted by atomic mass is 32.2. The van der Waals surface area contributed by atoms with Gasteiger partial charge < -0.3 is 15.4 Å². The van der Waals surface area contributed by atoms with Gasteiger partial charge in [-0.2, -0.15) is 0 Å². The number of rotatable bonds is 14. The van der Waals surface area contributed by atoms with Crippen LogP contribution >= 0.6 is 11.8 Å². The number of nitrogens with one attached hydrogen (secondary N) is 2. The van der Waals surface area contributed by atoms with Crippen LogP contribution in [0, 0.1) is 5.41 Å². The van der Waals surface area contributed by atoms with E-state index in [4.69, 9.17) is 4.74 Å². The van der Waals surface area contributed by atoms with Gasteiger partial charge in [-0.05, 0) is 34.9 Å². The van der Waals surface area contributed by atoms with Crippen molar-refractivity contribution < 1.29 is 19.1 Å². The molecular weight excluding hydrogens is 544 g/mol. The van der Waals surface area contributed by atoms with Crippen LogP contribution in [0.4, 0.5) is 4.79 Å². The summed E-state index contributed by atoms with van der Waals surface area (Å²) in [6, 6.07) is 26.8. The molecule has 0 unspecified atom stereocenters. The zero-order valence-electron chi connectivity index (χ0n) is 25.4. The molecule has 7 heteroatoms. The van der Waals surface area contributed by atoms with Gasteiger partial charge in [-0.25, -0.2) is 4.79 Å². The second kappa shape index (κ2) is 15.6. The lowest BCUT2D eigenvalue weighted by Crippen LogP contribution is -2.53. The lowest BCUT2D eigenvalue weighted by molar-refractivity contribution is -0.128. The van der Waals surface area contributed by atoms with Gasteiger partial charge in [0, 0.05) is 11.2 Å². The Hall–Kier alpha value is -3.58. The second-order valence-corrected chi connectivity index (χ2v) is 14.1. The van der Waals surface area contributed by atoms with Crippen LogP contribution in [0.3, 0.4) is 0 Å². The van der Waals surface area contributed by atoms with Crippen molar-refractivity contribution in [2.75, 3.05) is 5.75 Å². The molecule has 0 saturated carbocycles. The molecule has 0 fully saturated rings. The minimum atomic E-state index is -0.924. The average molecular weight is 589 g/mol.